The van der Waals surface area contributed by atoms with E-state index < -0.39 is 5.91 Å². The summed E-state index contributed by atoms with van der Waals surface area (Å²) in [4.78, 5) is 22.8. The first-order valence-corrected chi connectivity index (χ1v) is 7.12. The van der Waals surface area contributed by atoms with Crippen LogP contribution in [0.2, 0.25) is 0 Å². The van der Waals surface area contributed by atoms with Gasteiger partial charge >= 0.3 is 0 Å². The third kappa shape index (κ3) is 4.75. The van der Waals surface area contributed by atoms with Crippen molar-refractivity contribution < 1.29 is 14.3 Å². The largest absolute Gasteiger partial charge is 0.484 e. The molecule has 1 aliphatic carbocycles. The van der Waals surface area contributed by atoms with Crippen LogP contribution in [-0.4, -0.2) is 24.5 Å². The lowest BCUT2D eigenvalue weighted by Gasteiger charge is -2.25. The van der Waals surface area contributed by atoms with Crippen molar-refractivity contribution in [1.29, 1.82) is 0 Å². The van der Waals surface area contributed by atoms with Crippen LogP contribution in [0.3, 0.4) is 0 Å². The first-order valence-electron chi connectivity index (χ1n) is 7.12. The molecule has 0 saturated heterocycles. The molecule has 1 fully saturated rings. The van der Waals surface area contributed by atoms with Crippen LogP contribution in [-0.2, 0) is 9.59 Å². The van der Waals surface area contributed by atoms with Gasteiger partial charge in [-0.2, -0.15) is 0 Å². The standard InChI is InChI=1S/C15H21N3O3/c16-11-3-1-2-10(8-11)15(20)18-12-4-6-13(7-5-12)21-9-14(17)19/h4-7,10-11H,1-3,8-9,16H2,(H2,17,19)(H,18,20). The molecule has 2 amide bonds. The van der Waals surface area contributed by atoms with E-state index >= 15 is 0 Å². The zero-order valence-corrected chi connectivity index (χ0v) is 11.9. The number of benzene rings is 1. The summed E-state index contributed by atoms with van der Waals surface area (Å²) in [6.45, 7) is -0.161. The van der Waals surface area contributed by atoms with Gasteiger partial charge in [0.05, 0.1) is 0 Å². The second-order valence-corrected chi connectivity index (χ2v) is 5.39. The van der Waals surface area contributed by atoms with Gasteiger partial charge in [0.15, 0.2) is 6.61 Å². The molecule has 0 aromatic heterocycles. The van der Waals surface area contributed by atoms with Crippen molar-refractivity contribution in [3.8, 4) is 5.75 Å². The van der Waals surface area contributed by atoms with E-state index in [1.165, 1.54) is 0 Å². The van der Waals surface area contributed by atoms with Crippen LogP contribution in [0.5, 0.6) is 5.75 Å². The molecule has 2 unspecified atom stereocenters. The molecule has 6 heteroatoms. The highest BCUT2D eigenvalue weighted by Crippen LogP contribution is 2.25. The van der Waals surface area contributed by atoms with Crippen molar-refractivity contribution in [2.24, 2.45) is 17.4 Å². The Morgan fingerprint density at radius 1 is 1.24 bits per heavy atom. The van der Waals surface area contributed by atoms with Crippen LogP contribution in [0.15, 0.2) is 24.3 Å². The van der Waals surface area contributed by atoms with E-state index in [0.29, 0.717) is 11.4 Å². The summed E-state index contributed by atoms with van der Waals surface area (Å²) in [6.07, 6.45) is 3.62. The second-order valence-electron chi connectivity index (χ2n) is 5.39. The molecule has 0 radical (unpaired) electrons. The molecule has 0 bridgehead atoms. The van der Waals surface area contributed by atoms with Gasteiger partial charge < -0.3 is 21.5 Å². The molecule has 0 spiro atoms. The van der Waals surface area contributed by atoms with Crippen molar-refractivity contribution in [2.45, 2.75) is 31.7 Å². The fourth-order valence-corrected chi connectivity index (χ4v) is 2.50. The van der Waals surface area contributed by atoms with Gasteiger partial charge in [-0.1, -0.05) is 6.42 Å². The monoisotopic (exact) mass is 291 g/mol. The number of rotatable bonds is 5. The minimum absolute atomic E-state index is 0.0101. The number of primary amides is 1. The second kappa shape index (κ2) is 7.08. The smallest absolute Gasteiger partial charge is 0.255 e. The molecule has 114 valence electrons. The van der Waals surface area contributed by atoms with Gasteiger partial charge in [0.1, 0.15) is 5.75 Å². The Morgan fingerprint density at radius 2 is 1.95 bits per heavy atom. The molecule has 1 aliphatic rings. The maximum absolute atomic E-state index is 12.2. The summed E-state index contributed by atoms with van der Waals surface area (Å²) in [7, 11) is 0. The Bertz CT molecular complexity index is 501. The number of hydrogen-bond donors (Lipinski definition) is 3. The number of carbonyl (C=O) groups excluding carboxylic acids is 2. The van der Waals surface area contributed by atoms with Crippen molar-refractivity contribution in [2.75, 3.05) is 11.9 Å². The van der Waals surface area contributed by atoms with Gasteiger partial charge in [-0.25, -0.2) is 0 Å². The zero-order valence-electron chi connectivity index (χ0n) is 11.9. The Morgan fingerprint density at radius 3 is 2.57 bits per heavy atom. The van der Waals surface area contributed by atoms with Crippen molar-refractivity contribution in [1.82, 2.24) is 0 Å². The van der Waals surface area contributed by atoms with Crippen molar-refractivity contribution in [3.63, 3.8) is 0 Å². The Labute approximate surface area is 123 Å². The number of ether oxygens (including phenoxy) is 1. The SMILES string of the molecule is NC(=O)COc1ccc(NC(=O)C2CCCC(N)C2)cc1. The van der Waals surface area contributed by atoms with Crippen LogP contribution >= 0.6 is 0 Å². The Balaban J connectivity index is 1.87. The van der Waals surface area contributed by atoms with E-state index in [-0.39, 0.29) is 24.5 Å². The third-order valence-corrected chi connectivity index (χ3v) is 3.59. The molecule has 0 heterocycles. The van der Waals surface area contributed by atoms with Crippen LogP contribution in [0.1, 0.15) is 25.7 Å². The van der Waals surface area contributed by atoms with Crippen molar-refractivity contribution in [3.05, 3.63) is 24.3 Å². The number of carbonyl (C=O) groups is 2. The minimum atomic E-state index is -0.527. The fourth-order valence-electron chi connectivity index (χ4n) is 2.50. The number of amides is 2. The quantitative estimate of drug-likeness (QED) is 0.752. The summed E-state index contributed by atoms with van der Waals surface area (Å²) in [6, 6.07) is 6.96. The molecule has 1 saturated carbocycles. The summed E-state index contributed by atoms with van der Waals surface area (Å²) < 4.78 is 5.15. The zero-order chi connectivity index (χ0) is 15.2. The summed E-state index contributed by atoms with van der Waals surface area (Å²) >= 11 is 0. The highest BCUT2D eigenvalue weighted by Gasteiger charge is 2.25. The molecular formula is C15H21N3O3. The lowest BCUT2D eigenvalue weighted by molar-refractivity contribution is -0.121. The average Bonchev–Trinajstić information content (AvgIpc) is 2.46. The molecule has 0 aliphatic heterocycles. The number of nitrogens with two attached hydrogens (primary N) is 2. The Hall–Kier alpha value is -2.08. The molecule has 6 nitrogen and oxygen atoms in total. The normalized spacial score (nSPS) is 21.6. The van der Waals surface area contributed by atoms with E-state index in [1.807, 2.05) is 0 Å². The van der Waals surface area contributed by atoms with Gasteiger partial charge in [-0.05, 0) is 43.5 Å². The molecule has 1 aromatic rings. The highest BCUT2D eigenvalue weighted by molar-refractivity contribution is 5.92. The number of anilines is 1. The number of hydrogen-bond acceptors (Lipinski definition) is 4. The lowest BCUT2D eigenvalue weighted by Crippen LogP contribution is -2.34. The van der Waals surface area contributed by atoms with Gasteiger partial charge in [-0.15, -0.1) is 0 Å². The average molecular weight is 291 g/mol. The van der Waals surface area contributed by atoms with Crippen LogP contribution in [0.4, 0.5) is 5.69 Å². The van der Waals surface area contributed by atoms with E-state index in [1.54, 1.807) is 24.3 Å². The lowest BCUT2D eigenvalue weighted by atomic mass is 9.85. The fraction of sp³-hybridized carbons (Fsp3) is 0.467. The summed E-state index contributed by atoms with van der Waals surface area (Å²) in [5.41, 5.74) is 11.6. The summed E-state index contributed by atoms with van der Waals surface area (Å²) in [5, 5.41) is 2.88. The first-order chi connectivity index (χ1) is 10.0. The van der Waals surface area contributed by atoms with E-state index in [4.69, 9.17) is 16.2 Å². The topological polar surface area (TPSA) is 107 Å². The predicted molar refractivity (Wildman–Crippen MR) is 79.7 cm³/mol. The van der Waals surface area contributed by atoms with Gasteiger partial charge in [0.2, 0.25) is 5.91 Å². The minimum Gasteiger partial charge on any atom is -0.484 e. The van der Waals surface area contributed by atoms with E-state index in [9.17, 15) is 9.59 Å². The van der Waals surface area contributed by atoms with Crippen LogP contribution < -0.4 is 21.5 Å². The highest BCUT2D eigenvalue weighted by atomic mass is 16.5. The molecule has 1 aromatic carbocycles. The van der Waals surface area contributed by atoms with Gasteiger partial charge in [0, 0.05) is 17.6 Å². The molecule has 2 rings (SSSR count). The van der Waals surface area contributed by atoms with Gasteiger partial charge in [-0.3, -0.25) is 9.59 Å². The van der Waals surface area contributed by atoms with Crippen molar-refractivity contribution >= 4 is 17.5 Å². The van der Waals surface area contributed by atoms with Crippen LogP contribution in [0, 0.1) is 5.92 Å². The molecular weight excluding hydrogens is 270 g/mol. The molecule has 5 N–H and O–H groups in total. The van der Waals surface area contributed by atoms with E-state index in [2.05, 4.69) is 5.32 Å². The number of nitrogens with one attached hydrogen (secondary N) is 1. The molecule has 2 atom stereocenters. The maximum Gasteiger partial charge on any atom is 0.255 e. The van der Waals surface area contributed by atoms with Crippen LogP contribution in [0.25, 0.3) is 0 Å². The predicted octanol–water partition coefficient (Wildman–Crippen LogP) is 1.01. The summed E-state index contributed by atoms with van der Waals surface area (Å²) in [5.74, 6) is 0.00277. The first kappa shape index (κ1) is 15.3. The maximum atomic E-state index is 12.2. The van der Waals surface area contributed by atoms with E-state index in [0.717, 1.165) is 25.7 Å². The molecule has 21 heavy (non-hydrogen) atoms. The third-order valence-electron chi connectivity index (χ3n) is 3.59. The Kier molecular flexibility index (Phi) is 5.16. The van der Waals surface area contributed by atoms with Gasteiger partial charge in [0.25, 0.3) is 5.91 Å².